The van der Waals surface area contributed by atoms with Crippen molar-refractivity contribution < 1.29 is 36.0 Å². The van der Waals surface area contributed by atoms with Crippen LogP contribution >= 0.6 is 0 Å². The van der Waals surface area contributed by atoms with E-state index in [0.717, 1.165) is 35.3 Å². The molecule has 0 aliphatic heterocycles. The number of alkyl halides is 3. The number of ether oxygens (including phenoxy) is 1. The van der Waals surface area contributed by atoms with Gasteiger partial charge in [-0.1, -0.05) is 0 Å². The van der Waals surface area contributed by atoms with Gasteiger partial charge >= 0.3 is 11.9 Å². The lowest BCUT2D eigenvalue weighted by molar-refractivity contribution is -0.386. The van der Waals surface area contributed by atoms with Gasteiger partial charge in [-0.25, -0.2) is 23.2 Å². The molecule has 1 amide bonds. The van der Waals surface area contributed by atoms with Gasteiger partial charge in [-0.3, -0.25) is 14.9 Å². The number of halogens is 3. The third-order valence-corrected chi connectivity index (χ3v) is 4.99. The zero-order valence-corrected chi connectivity index (χ0v) is 17.0. The second kappa shape index (κ2) is 8.83. The molecular formula is C17H13F3N6O6S. The number of nitro groups is 1. The molecular weight excluding hydrogens is 473 g/mol. The van der Waals surface area contributed by atoms with Crippen molar-refractivity contribution in [3.63, 3.8) is 0 Å². The van der Waals surface area contributed by atoms with Gasteiger partial charge in [0, 0.05) is 6.07 Å². The quantitative estimate of drug-likeness (QED) is 0.376. The highest BCUT2D eigenvalue weighted by molar-refractivity contribution is 7.89. The van der Waals surface area contributed by atoms with Crippen molar-refractivity contribution in [2.24, 2.45) is 5.14 Å². The van der Waals surface area contributed by atoms with E-state index in [-0.39, 0.29) is 11.4 Å². The largest absolute Gasteiger partial charge is 0.477 e. The molecule has 0 saturated heterocycles. The molecule has 33 heavy (non-hydrogen) atoms. The molecule has 0 spiro atoms. The van der Waals surface area contributed by atoms with E-state index in [1.807, 2.05) is 0 Å². The molecule has 0 fully saturated rings. The van der Waals surface area contributed by atoms with Gasteiger partial charge in [-0.2, -0.15) is 18.3 Å². The predicted octanol–water partition coefficient (Wildman–Crippen LogP) is 1.86. The van der Waals surface area contributed by atoms with Gasteiger partial charge in [0.25, 0.3) is 5.91 Å². The van der Waals surface area contributed by atoms with Crippen molar-refractivity contribution >= 4 is 27.3 Å². The molecule has 2 aromatic carbocycles. The third-order valence-electron chi connectivity index (χ3n) is 4.08. The average molecular weight is 486 g/mol. The molecule has 3 rings (SSSR count). The minimum Gasteiger partial charge on any atom is -0.477 e. The number of rotatable bonds is 7. The number of nitrogens with zero attached hydrogens (tertiary/aromatic N) is 4. The number of carbonyl (C=O) groups excluding carboxylic acids is 1. The van der Waals surface area contributed by atoms with Crippen molar-refractivity contribution in [3.05, 3.63) is 64.7 Å². The van der Waals surface area contributed by atoms with Crippen LogP contribution in [0.1, 0.15) is 5.56 Å². The summed E-state index contributed by atoms with van der Waals surface area (Å²) in [5, 5.41) is 22.2. The number of sulfonamides is 1. The molecule has 1 heterocycles. The lowest BCUT2D eigenvalue weighted by atomic mass is 10.1. The fraction of sp³-hybridized carbons (Fsp3) is 0.118. The number of aromatic nitrogens is 3. The molecule has 1 aromatic heterocycles. The van der Waals surface area contributed by atoms with E-state index in [0.29, 0.717) is 12.1 Å². The molecule has 0 saturated carbocycles. The van der Waals surface area contributed by atoms with Crippen LogP contribution in [0, 0.1) is 10.1 Å². The van der Waals surface area contributed by atoms with Crippen LogP contribution in [0.3, 0.4) is 0 Å². The maximum Gasteiger partial charge on any atom is 0.416 e. The van der Waals surface area contributed by atoms with E-state index >= 15 is 0 Å². The molecule has 16 heteroatoms. The summed E-state index contributed by atoms with van der Waals surface area (Å²) in [6.45, 7) is -0.845. The van der Waals surface area contributed by atoms with E-state index in [9.17, 15) is 36.5 Å². The SMILES string of the molecule is NS(=O)(=O)c1ccc(OCC(=O)Nc2cc(C(F)(F)F)ccc2-n2cncn2)c([N+](=O)[O-])c1. The van der Waals surface area contributed by atoms with Crippen LogP contribution in [0.15, 0.2) is 53.9 Å². The summed E-state index contributed by atoms with van der Waals surface area (Å²) in [7, 11) is -4.23. The Labute approximate surface area is 183 Å². The van der Waals surface area contributed by atoms with Gasteiger partial charge in [0.1, 0.15) is 12.7 Å². The van der Waals surface area contributed by atoms with E-state index < -0.39 is 55.5 Å². The van der Waals surface area contributed by atoms with Crippen molar-refractivity contribution in [1.29, 1.82) is 0 Å². The number of nitrogens with one attached hydrogen (secondary N) is 1. The lowest BCUT2D eigenvalue weighted by Gasteiger charge is -2.14. The van der Waals surface area contributed by atoms with E-state index in [4.69, 9.17) is 9.88 Å². The van der Waals surface area contributed by atoms with Crippen molar-refractivity contribution in [2.45, 2.75) is 11.1 Å². The highest BCUT2D eigenvalue weighted by atomic mass is 32.2. The first-order valence-corrected chi connectivity index (χ1v) is 10.2. The summed E-state index contributed by atoms with van der Waals surface area (Å²) in [6.07, 6.45) is -2.36. The van der Waals surface area contributed by atoms with Gasteiger partial charge < -0.3 is 10.1 Å². The number of nitro benzene ring substituents is 1. The zero-order valence-electron chi connectivity index (χ0n) is 16.2. The fourth-order valence-electron chi connectivity index (χ4n) is 2.61. The lowest BCUT2D eigenvalue weighted by Crippen LogP contribution is -2.22. The molecule has 12 nitrogen and oxygen atoms in total. The van der Waals surface area contributed by atoms with Crippen LogP contribution in [0.4, 0.5) is 24.5 Å². The first-order chi connectivity index (χ1) is 15.4. The maximum absolute atomic E-state index is 13.1. The van der Waals surface area contributed by atoms with Crippen LogP contribution in [-0.2, 0) is 21.0 Å². The molecule has 0 aliphatic carbocycles. The summed E-state index contributed by atoms with van der Waals surface area (Å²) < 4.78 is 68.2. The van der Waals surface area contributed by atoms with Gasteiger partial charge in [0.05, 0.1) is 26.8 Å². The van der Waals surface area contributed by atoms with Gasteiger partial charge in [-0.15, -0.1) is 0 Å². The number of hydrogen-bond acceptors (Lipinski definition) is 8. The van der Waals surface area contributed by atoms with Crippen molar-refractivity contribution in [3.8, 4) is 11.4 Å². The zero-order chi connectivity index (χ0) is 24.4. The summed E-state index contributed by atoms with van der Waals surface area (Å²) in [5.74, 6) is -1.41. The van der Waals surface area contributed by atoms with Crippen LogP contribution in [-0.4, -0.2) is 40.6 Å². The molecule has 0 radical (unpaired) electrons. The summed E-state index contributed by atoms with van der Waals surface area (Å²) in [6, 6.07) is 5.06. The Morgan fingerprint density at radius 1 is 1.24 bits per heavy atom. The van der Waals surface area contributed by atoms with E-state index in [1.165, 1.54) is 6.33 Å². The summed E-state index contributed by atoms with van der Waals surface area (Å²) >= 11 is 0. The fourth-order valence-corrected chi connectivity index (χ4v) is 3.15. The van der Waals surface area contributed by atoms with E-state index in [2.05, 4.69) is 15.4 Å². The number of nitrogens with two attached hydrogens (primary N) is 1. The highest BCUT2D eigenvalue weighted by Gasteiger charge is 2.31. The summed E-state index contributed by atoms with van der Waals surface area (Å²) in [4.78, 5) is 25.7. The Morgan fingerprint density at radius 2 is 1.97 bits per heavy atom. The maximum atomic E-state index is 13.1. The predicted molar refractivity (Wildman–Crippen MR) is 105 cm³/mol. The number of amides is 1. The molecule has 174 valence electrons. The third kappa shape index (κ3) is 5.60. The second-order valence-electron chi connectivity index (χ2n) is 6.34. The summed E-state index contributed by atoms with van der Waals surface area (Å²) in [5.41, 5.74) is -2.03. The Hall–Kier alpha value is -4.05. The number of carbonyl (C=O) groups is 1. The number of benzene rings is 2. The molecule has 0 bridgehead atoms. The molecule has 3 N–H and O–H groups in total. The van der Waals surface area contributed by atoms with Gasteiger partial charge in [0.15, 0.2) is 12.4 Å². The van der Waals surface area contributed by atoms with Crippen LogP contribution < -0.4 is 15.2 Å². The van der Waals surface area contributed by atoms with E-state index in [1.54, 1.807) is 0 Å². The van der Waals surface area contributed by atoms with Crippen molar-refractivity contribution in [1.82, 2.24) is 14.8 Å². The standard InChI is InChI=1S/C17H13F3N6O6S/c18-17(19,20)10-1-3-13(25-9-22-8-23-25)12(5-10)24-16(27)7-32-15-4-2-11(33(21,30)31)6-14(15)26(28)29/h1-6,8-9H,7H2,(H,24,27)(H2,21,30,31). The van der Waals surface area contributed by atoms with Crippen LogP contribution in [0.25, 0.3) is 5.69 Å². The topological polar surface area (TPSA) is 172 Å². The Bertz CT molecular complexity index is 1310. The average Bonchev–Trinajstić information content (AvgIpc) is 3.25. The Morgan fingerprint density at radius 3 is 2.55 bits per heavy atom. The molecule has 0 unspecified atom stereocenters. The van der Waals surface area contributed by atoms with Crippen LogP contribution in [0.5, 0.6) is 5.75 Å². The first kappa shape index (κ1) is 23.6. The molecule has 0 aliphatic rings. The Kier molecular flexibility index (Phi) is 6.32. The molecule has 0 atom stereocenters. The second-order valence-corrected chi connectivity index (χ2v) is 7.90. The molecule has 3 aromatic rings. The van der Waals surface area contributed by atoms with Gasteiger partial charge in [-0.05, 0) is 30.3 Å². The van der Waals surface area contributed by atoms with Crippen LogP contribution in [0.2, 0.25) is 0 Å². The normalized spacial score (nSPS) is 11.8. The number of hydrogen-bond donors (Lipinski definition) is 2. The first-order valence-electron chi connectivity index (χ1n) is 8.66. The van der Waals surface area contributed by atoms with Crippen molar-refractivity contribution in [2.75, 3.05) is 11.9 Å². The number of anilines is 1. The highest BCUT2D eigenvalue weighted by Crippen LogP contribution is 2.33. The van der Waals surface area contributed by atoms with Gasteiger partial charge in [0.2, 0.25) is 10.0 Å². The minimum absolute atomic E-state index is 0.0670. The monoisotopic (exact) mass is 486 g/mol. The number of primary sulfonamides is 1. The Balaban J connectivity index is 1.84. The minimum atomic E-state index is -4.69. The smallest absolute Gasteiger partial charge is 0.416 e.